The molecule has 1 N–H and O–H groups in total. The van der Waals surface area contributed by atoms with Gasteiger partial charge in [0.25, 0.3) is 0 Å². The highest BCUT2D eigenvalue weighted by Crippen LogP contribution is 2.22. The Balaban J connectivity index is 2.76. The van der Waals surface area contributed by atoms with Crippen LogP contribution in [0.3, 0.4) is 0 Å². The SMILES string of the molecule is CCCCc1cc(O)cc(OC)c1. The number of methoxy groups -OCH3 is 1. The standard InChI is InChI=1S/C11H16O2/c1-3-4-5-9-6-10(12)8-11(7-9)13-2/h6-8,12H,3-5H2,1-2H3. The summed E-state index contributed by atoms with van der Waals surface area (Å²) in [5, 5.41) is 9.34. The minimum Gasteiger partial charge on any atom is -0.508 e. The van der Waals surface area contributed by atoms with Gasteiger partial charge in [0.15, 0.2) is 0 Å². The highest BCUT2D eigenvalue weighted by Gasteiger charge is 1.99. The molecule has 0 fully saturated rings. The third-order valence-corrected chi connectivity index (χ3v) is 2.01. The molecule has 2 nitrogen and oxygen atoms in total. The summed E-state index contributed by atoms with van der Waals surface area (Å²) in [5.74, 6) is 1.01. The first kappa shape index (κ1) is 9.90. The molecule has 1 rings (SSSR count). The molecule has 0 bridgehead atoms. The first-order valence-electron chi connectivity index (χ1n) is 4.63. The minimum atomic E-state index is 0.283. The van der Waals surface area contributed by atoms with Gasteiger partial charge in [-0.25, -0.2) is 0 Å². The van der Waals surface area contributed by atoms with Crippen molar-refractivity contribution in [3.8, 4) is 11.5 Å². The second-order valence-corrected chi connectivity index (χ2v) is 3.14. The van der Waals surface area contributed by atoms with Crippen LogP contribution in [0.1, 0.15) is 25.3 Å². The fourth-order valence-electron chi connectivity index (χ4n) is 1.29. The molecule has 0 atom stereocenters. The average molecular weight is 180 g/mol. The van der Waals surface area contributed by atoms with Crippen LogP contribution < -0.4 is 4.74 Å². The van der Waals surface area contributed by atoms with Gasteiger partial charge in [-0.1, -0.05) is 13.3 Å². The predicted octanol–water partition coefficient (Wildman–Crippen LogP) is 2.74. The van der Waals surface area contributed by atoms with Gasteiger partial charge in [-0.05, 0) is 30.5 Å². The number of rotatable bonds is 4. The normalized spacial score (nSPS) is 10.0. The van der Waals surface area contributed by atoms with Gasteiger partial charge in [0.2, 0.25) is 0 Å². The number of benzene rings is 1. The Morgan fingerprint density at radius 2 is 2.08 bits per heavy atom. The number of ether oxygens (including phenoxy) is 1. The van der Waals surface area contributed by atoms with Crippen molar-refractivity contribution in [3.63, 3.8) is 0 Å². The molecule has 0 saturated heterocycles. The summed E-state index contributed by atoms with van der Waals surface area (Å²) in [6, 6.07) is 5.38. The molecule has 0 spiro atoms. The van der Waals surface area contributed by atoms with Crippen LogP contribution in [0.2, 0.25) is 0 Å². The molecule has 0 aliphatic rings. The topological polar surface area (TPSA) is 29.5 Å². The van der Waals surface area contributed by atoms with Crippen LogP contribution in [0.25, 0.3) is 0 Å². The molecule has 0 amide bonds. The third-order valence-electron chi connectivity index (χ3n) is 2.01. The van der Waals surface area contributed by atoms with Crippen LogP contribution in [0, 0.1) is 0 Å². The summed E-state index contributed by atoms with van der Waals surface area (Å²) in [4.78, 5) is 0. The van der Waals surface area contributed by atoms with Crippen LogP contribution in [0.4, 0.5) is 0 Å². The molecular formula is C11H16O2. The minimum absolute atomic E-state index is 0.283. The van der Waals surface area contributed by atoms with E-state index in [-0.39, 0.29) is 5.75 Å². The molecule has 72 valence electrons. The van der Waals surface area contributed by atoms with Crippen molar-refractivity contribution in [1.82, 2.24) is 0 Å². The van der Waals surface area contributed by atoms with E-state index in [0.717, 1.165) is 30.6 Å². The van der Waals surface area contributed by atoms with Crippen molar-refractivity contribution in [2.45, 2.75) is 26.2 Å². The van der Waals surface area contributed by atoms with Gasteiger partial charge in [0.05, 0.1) is 7.11 Å². The van der Waals surface area contributed by atoms with E-state index in [1.165, 1.54) is 0 Å². The molecule has 13 heavy (non-hydrogen) atoms. The lowest BCUT2D eigenvalue weighted by molar-refractivity contribution is 0.406. The van der Waals surface area contributed by atoms with Crippen molar-refractivity contribution in [2.75, 3.05) is 7.11 Å². The van der Waals surface area contributed by atoms with Gasteiger partial charge in [-0.15, -0.1) is 0 Å². The summed E-state index contributed by atoms with van der Waals surface area (Å²) < 4.78 is 5.06. The fraction of sp³-hybridized carbons (Fsp3) is 0.455. The maximum atomic E-state index is 9.34. The summed E-state index contributed by atoms with van der Waals surface area (Å²) in [6.07, 6.45) is 3.31. The maximum absolute atomic E-state index is 9.34. The Hall–Kier alpha value is -1.18. The molecule has 1 aromatic carbocycles. The highest BCUT2D eigenvalue weighted by atomic mass is 16.5. The quantitative estimate of drug-likeness (QED) is 0.772. The largest absolute Gasteiger partial charge is 0.508 e. The molecule has 0 heterocycles. The lowest BCUT2D eigenvalue weighted by Crippen LogP contribution is -1.88. The van der Waals surface area contributed by atoms with Gasteiger partial charge in [0, 0.05) is 6.07 Å². The molecule has 1 aromatic rings. The molecule has 2 heteroatoms. The van der Waals surface area contributed by atoms with E-state index in [1.807, 2.05) is 6.07 Å². The second-order valence-electron chi connectivity index (χ2n) is 3.14. The number of unbranched alkanes of at least 4 members (excludes halogenated alkanes) is 1. The van der Waals surface area contributed by atoms with E-state index in [9.17, 15) is 5.11 Å². The number of hydrogen-bond donors (Lipinski definition) is 1. The second kappa shape index (κ2) is 4.75. The van der Waals surface area contributed by atoms with Gasteiger partial charge in [0.1, 0.15) is 11.5 Å². The zero-order valence-electron chi connectivity index (χ0n) is 8.21. The number of aryl methyl sites for hydroxylation is 1. The van der Waals surface area contributed by atoms with Crippen molar-refractivity contribution < 1.29 is 9.84 Å². The smallest absolute Gasteiger partial charge is 0.122 e. The van der Waals surface area contributed by atoms with Crippen LogP contribution in [-0.2, 0) is 6.42 Å². The van der Waals surface area contributed by atoms with E-state index in [0.29, 0.717) is 0 Å². The van der Waals surface area contributed by atoms with E-state index in [2.05, 4.69) is 6.92 Å². The number of phenolic OH excluding ortho intramolecular Hbond substituents is 1. The molecule has 0 unspecified atom stereocenters. The van der Waals surface area contributed by atoms with Crippen molar-refractivity contribution in [1.29, 1.82) is 0 Å². The Bertz CT molecular complexity index is 269. The van der Waals surface area contributed by atoms with Crippen LogP contribution in [0.5, 0.6) is 11.5 Å². The molecule has 0 aliphatic carbocycles. The summed E-state index contributed by atoms with van der Waals surface area (Å²) in [7, 11) is 1.61. The summed E-state index contributed by atoms with van der Waals surface area (Å²) >= 11 is 0. The van der Waals surface area contributed by atoms with Crippen molar-refractivity contribution in [2.24, 2.45) is 0 Å². The van der Waals surface area contributed by atoms with E-state index < -0.39 is 0 Å². The predicted molar refractivity (Wildman–Crippen MR) is 53.3 cm³/mol. The molecule has 0 radical (unpaired) electrons. The average Bonchev–Trinajstić information content (AvgIpc) is 2.14. The fourth-order valence-corrected chi connectivity index (χ4v) is 1.29. The van der Waals surface area contributed by atoms with E-state index in [4.69, 9.17) is 4.74 Å². The monoisotopic (exact) mass is 180 g/mol. The number of aromatic hydroxyl groups is 1. The third kappa shape index (κ3) is 2.98. The lowest BCUT2D eigenvalue weighted by atomic mass is 10.1. The molecular weight excluding hydrogens is 164 g/mol. The Morgan fingerprint density at radius 3 is 2.69 bits per heavy atom. The van der Waals surface area contributed by atoms with E-state index >= 15 is 0 Å². The molecule has 0 saturated carbocycles. The highest BCUT2D eigenvalue weighted by molar-refractivity contribution is 5.37. The zero-order chi connectivity index (χ0) is 9.68. The zero-order valence-corrected chi connectivity index (χ0v) is 8.21. The van der Waals surface area contributed by atoms with E-state index in [1.54, 1.807) is 19.2 Å². The van der Waals surface area contributed by atoms with Gasteiger partial charge >= 0.3 is 0 Å². The van der Waals surface area contributed by atoms with Gasteiger partial charge in [-0.3, -0.25) is 0 Å². The lowest BCUT2D eigenvalue weighted by Gasteiger charge is -2.04. The van der Waals surface area contributed by atoms with Crippen molar-refractivity contribution in [3.05, 3.63) is 23.8 Å². The number of hydrogen-bond acceptors (Lipinski definition) is 2. The summed E-state index contributed by atoms with van der Waals surface area (Å²) in [5.41, 5.74) is 1.14. The van der Waals surface area contributed by atoms with Crippen LogP contribution in [0.15, 0.2) is 18.2 Å². The van der Waals surface area contributed by atoms with Crippen LogP contribution in [-0.4, -0.2) is 12.2 Å². The Kier molecular flexibility index (Phi) is 3.62. The first-order valence-corrected chi connectivity index (χ1v) is 4.63. The van der Waals surface area contributed by atoms with Gasteiger partial charge < -0.3 is 9.84 Å². The molecule has 0 aromatic heterocycles. The Morgan fingerprint density at radius 1 is 1.31 bits per heavy atom. The van der Waals surface area contributed by atoms with Crippen molar-refractivity contribution >= 4 is 0 Å². The molecule has 0 aliphatic heterocycles. The first-order chi connectivity index (χ1) is 6.26. The van der Waals surface area contributed by atoms with Crippen LogP contribution >= 0.6 is 0 Å². The van der Waals surface area contributed by atoms with Gasteiger partial charge in [-0.2, -0.15) is 0 Å². The Labute approximate surface area is 79.2 Å². The number of phenols is 1. The maximum Gasteiger partial charge on any atom is 0.122 e. The summed E-state index contributed by atoms with van der Waals surface area (Å²) in [6.45, 7) is 2.15.